The van der Waals surface area contributed by atoms with Crippen LogP contribution in [0, 0.1) is 0 Å². The van der Waals surface area contributed by atoms with E-state index in [9.17, 15) is 4.79 Å². The number of nitrogens with two attached hydrogens (primary N) is 1. The lowest BCUT2D eigenvalue weighted by atomic mass is 9.85. The molecule has 5 heteroatoms. The van der Waals surface area contributed by atoms with Crippen molar-refractivity contribution in [2.24, 2.45) is 5.73 Å². The number of hydrogen-bond donors (Lipinski definition) is 1. The van der Waals surface area contributed by atoms with E-state index >= 15 is 0 Å². The van der Waals surface area contributed by atoms with E-state index in [2.05, 4.69) is 29.2 Å². The number of benzene rings is 2. The third-order valence-corrected chi connectivity index (χ3v) is 5.33. The van der Waals surface area contributed by atoms with Gasteiger partial charge in [0.05, 0.1) is 13.2 Å². The molecule has 0 aliphatic carbocycles. The molecule has 2 N–H and O–H groups in total. The number of nitrogens with zero attached hydrogens (tertiary/aromatic N) is 1. The highest BCUT2D eigenvalue weighted by molar-refractivity contribution is 5.84. The number of fused-ring (bicyclic) bond motifs is 1. The molecule has 2 aromatic rings. The molecule has 4 rings (SSSR count). The number of ether oxygens (including phenoxy) is 2. The van der Waals surface area contributed by atoms with Crippen molar-refractivity contribution in [3.8, 4) is 5.75 Å². The summed E-state index contributed by atoms with van der Waals surface area (Å²) in [7, 11) is 0. The number of para-hydroxylation sites is 1. The summed E-state index contributed by atoms with van der Waals surface area (Å²) in [6.45, 7) is 3.34. The van der Waals surface area contributed by atoms with Crippen LogP contribution in [0.2, 0.25) is 0 Å². The standard InChI is InChI=1S/C21H24N2O3/c22-20(24)21(10-9-17-3-1-2-4-19(17)26-21)15-16-5-7-18(8-6-16)23-11-13-25-14-12-23/h1-8H,9-15H2,(H2,22,24). The second-order valence-electron chi connectivity index (χ2n) is 7.01. The Morgan fingerprint density at radius 2 is 1.81 bits per heavy atom. The molecule has 0 radical (unpaired) electrons. The predicted molar refractivity (Wildman–Crippen MR) is 100 cm³/mol. The molecule has 1 amide bonds. The first-order valence-electron chi connectivity index (χ1n) is 9.15. The van der Waals surface area contributed by atoms with Crippen LogP contribution in [0.15, 0.2) is 48.5 Å². The second-order valence-corrected chi connectivity index (χ2v) is 7.01. The Morgan fingerprint density at radius 3 is 2.54 bits per heavy atom. The third-order valence-electron chi connectivity index (χ3n) is 5.33. The topological polar surface area (TPSA) is 64.8 Å². The summed E-state index contributed by atoms with van der Waals surface area (Å²) < 4.78 is 11.5. The summed E-state index contributed by atoms with van der Waals surface area (Å²) in [4.78, 5) is 14.6. The highest BCUT2D eigenvalue weighted by Crippen LogP contribution is 2.35. The average molecular weight is 352 g/mol. The summed E-state index contributed by atoms with van der Waals surface area (Å²) in [5, 5.41) is 0. The zero-order chi connectivity index (χ0) is 18.0. The summed E-state index contributed by atoms with van der Waals surface area (Å²) >= 11 is 0. The number of primary amides is 1. The van der Waals surface area contributed by atoms with Gasteiger partial charge in [-0.05, 0) is 35.7 Å². The molecule has 0 saturated carbocycles. The van der Waals surface area contributed by atoms with Crippen LogP contribution in [0.1, 0.15) is 17.5 Å². The van der Waals surface area contributed by atoms with Crippen LogP contribution >= 0.6 is 0 Å². The summed E-state index contributed by atoms with van der Waals surface area (Å²) in [6, 6.07) is 16.2. The van der Waals surface area contributed by atoms with Crippen molar-refractivity contribution in [1.29, 1.82) is 0 Å². The minimum Gasteiger partial charge on any atom is -0.477 e. The van der Waals surface area contributed by atoms with Crippen LogP contribution in [0.5, 0.6) is 5.75 Å². The van der Waals surface area contributed by atoms with Gasteiger partial charge in [0, 0.05) is 31.6 Å². The van der Waals surface area contributed by atoms with Gasteiger partial charge < -0.3 is 20.1 Å². The zero-order valence-electron chi connectivity index (χ0n) is 14.8. The second kappa shape index (κ2) is 7.00. The predicted octanol–water partition coefficient (Wildman–Crippen LogP) is 2.31. The molecule has 1 fully saturated rings. The Bertz CT molecular complexity index is 784. The Labute approximate surface area is 153 Å². The molecule has 0 spiro atoms. The molecule has 0 bridgehead atoms. The lowest BCUT2D eigenvalue weighted by Crippen LogP contribution is -2.52. The van der Waals surface area contributed by atoms with E-state index < -0.39 is 11.5 Å². The number of rotatable bonds is 4. The number of carbonyl (C=O) groups excluding carboxylic acids is 1. The van der Waals surface area contributed by atoms with Crippen molar-refractivity contribution >= 4 is 11.6 Å². The first-order chi connectivity index (χ1) is 12.7. The smallest absolute Gasteiger partial charge is 0.261 e. The van der Waals surface area contributed by atoms with E-state index in [0.29, 0.717) is 12.8 Å². The van der Waals surface area contributed by atoms with Crippen LogP contribution < -0.4 is 15.4 Å². The van der Waals surface area contributed by atoms with Gasteiger partial charge in [-0.25, -0.2) is 0 Å². The van der Waals surface area contributed by atoms with Gasteiger partial charge in [0.1, 0.15) is 5.75 Å². The largest absolute Gasteiger partial charge is 0.477 e. The van der Waals surface area contributed by atoms with Gasteiger partial charge >= 0.3 is 0 Å². The zero-order valence-corrected chi connectivity index (χ0v) is 14.8. The minimum atomic E-state index is -0.977. The normalized spacial score (nSPS) is 22.4. The number of amides is 1. The Hall–Kier alpha value is -2.53. The van der Waals surface area contributed by atoms with Gasteiger partial charge in [-0.2, -0.15) is 0 Å². The van der Waals surface area contributed by atoms with E-state index in [4.69, 9.17) is 15.2 Å². The summed E-state index contributed by atoms with van der Waals surface area (Å²) in [6.07, 6.45) is 1.88. The maximum absolute atomic E-state index is 12.3. The molecule has 1 unspecified atom stereocenters. The van der Waals surface area contributed by atoms with Gasteiger partial charge in [-0.3, -0.25) is 4.79 Å². The maximum atomic E-state index is 12.3. The molecule has 2 aliphatic heterocycles. The molecule has 2 aliphatic rings. The van der Waals surface area contributed by atoms with Crippen molar-refractivity contribution in [1.82, 2.24) is 0 Å². The molecular formula is C21H24N2O3. The molecule has 1 saturated heterocycles. The van der Waals surface area contributed by atoms with E-state index in [0.717, 1.165) is 49.6 Å². The first kappa shape index (κ1) is 16.9. The monoisotopic (exact) mass is 352 g/mol. The van der Waals surface area contributed by atoms with Gasteiger partial charge in [0.2, 0.25) is 0 Å². The molecule has 5 nitrogen and oxygen atoms in total. The fourth-order valence-corrected chi connectivity index (χ4v) is 3.77. The van der Waals surface area contributed by atoms with E-state index in [1.54, 1.807) is 0 Å². The summed E-state index contributed by atoms with van der Waals surface area (Å²) in [5.74, 6) is 0.367. The number of aryl methyl sites for hydroxylation is 1. The Balaban J connectivity index is 1.53. The highest BCUT2D eigenvalue weighted by Gasteiger charge is 2.42. The lowest BCUT2D eigenvalue weighted by molar-refractivity contribution is -0.134. The van der Waals surface area contributed by atoms with Crippen LogP contribution in [-0.2, 0) is 22.4 Å². The molecule has 2 heterocycles. The SMILES string of the molecule is NC(=O)C1(Cc2ccc(N3CCOCC3)cc2)CCc2ccccc2O1. The van der Waals surface area contributed by atoms with Gasteiger partial charge in [0.25, 0.3) is 5.91 Å². The van der Waals surface area contributed by atoms with Crippen molar-refractivity contribution in [3.05, 3.63) is 59.7 Å². The van der Waals surface area contributed by atoms with Gasteiger partial charge in [-0.1, -0.05) is 30.3 Å². The molecular weight excluding hydrogens is 328 g/mol. The molecule has 136 valence electrons. The fourth-order valence-electron chi connectivity index (χ4n) is 3.77. The fraction of sp³-hybridized carbons (Fsp3) is 0.381. The average Bonchev–Trinajstić information content (AvgIpc) is 2.69. The number of morpholine rings is 1. The quantitative estimate of drug-likeness (QED) is 0.917. The number of anilines is 1. The Kier molecular flexibility index (Phi) is 4.55. The first-order valence-corrected chi connectivity index (χ1v) is 9.15. The highest BCUT2D eigenvalue weighted by atomic mass is 16.5. The summed E-state index contributed by atoms with van der Waals surface area (Å²) in [5.41, 5.74) is 8.16. The number of hydrogen-bond acceptors (Lipinski definition) is 4. The minimum absolute atomic E-state index is 0.399. The third kappa shape index (κ3) is 3.27. The van der Waals surface area contributed by atoms with E-state index in [1.165, 1.54) is 5.69 Å². The molecule has 26 heavy (non-hydrogen) atoms. The van der Waals surface area contributed by atoms with Crippen molar-refractivity contribution in [2.45, 2.75) is 24.9 Å². The van der Waals surface area contributed by atoms with Crippen molar-refractivity contribution in [3.63, 3.8) is 0 Å². The molecule has 1 atom stereocenters. The molecule has 2 aromatic carbocycles. The van der Waals surface area contributed by atoms with Crippen molar-refractivity contribution < 1.29 is 14.3 Å². The van der Waals surface area contributed by atoms with Gasteiger partial charge in [0.15, 0.2) is 5.60 Å². The lowest BCUT2D eigenvalue weighted by Gasteiger charge is -2.36. The van der Waals surface area contributed by atoms with Crippen LogP contribution in [0.25, 0.3) is 0 Å². The maximum Gasteiger partial charge on any atom is 0.261 e. The molecule has 0 aromatic heterocycles. The van der Waals surface area contributed by atoms with Crippen LogP contribution in [-0.4, -0.2) is 37.8 Å². The number of carbonyl (C=O) groups is 1. The van der Waals surface area contributed by atoms with E-state index in [1.807, 2.05) is 24.3 Å². The van der Waals surface area contributed by atoms with Crippen LogP contribution in [0.3, 0.4) is 0 Å². The van der Waals surface area contributed by atoms with Gasteiger partial charge in [-0.15, -0.1) is 0 Å². The Morgan fingerprint density at radius 1 is 1.08 bits per heavy atom. The van der Waals surface area contributed by atoms with E-state index in [-0.39, 0.29) is 0 Å². The van der Waals surface area contributed by atoms with Crippen molar-refractivity contribution in [2.75, 3.05) is 31.2 Å². The van der Waals surface area contributed by atoms with Crippen LogP contribution in [0.4, 0.5) is 5.69 Å².